The van der Waals surface area contributed by atoms with E-state index in [2.05, 4.69) is 9.55 Å². The molecular formula is C16H23N3O2. The van der Waals surface area contributed by atoms with E-state index in [-0.39, 0.29) is 11.8 Å². The zero-order valence-corrected chi connectivity index (χ0v) is 12.9. The van der Waals surface area contributed by atoms with Gasteiger partial charge in [-0.2, -0.15) is 0 Å². The maximum Gasteiger partial charge on any atom is 0.131 e. The highest BCUT2D eigenvalue weighted by atomic mass is 16.5. The second-order valence-corrected chi connectivity index (χ2v) is 5.17. The van der Waals surface area contributed by atoms with Crippen molar-refractivity contribution in [3.05, 3.63) is 24.0 Å². The van der Waals surface area contributed by atoms with Crippen LogP contribution in [-0.4, -0.2) is 21.9 Å². The Hall–Kier alpha value is -1.88. The SMILES string of the molecule is CCOc1ccc2c(c1)nc(C(N)CC)n2CCC(C)=O. The lowest BCUT2D eigenvalue weighted by Crippen LogP contribution is -2.16. The molecule has 0 radical (unpaired) electrons. The zero-order valence-electron chi connectivity index (χ0n) is 12.9. The minimum absolute atomic E-state index is 0.125. The Labute approximate surface area is 125 Å². The van der Waals surface area contributed by atoms with Crippen molar-refractivity contribution < 1.29 is 9.53 Å². The number of nitrogens with zero attached hydrogens (tertiary/aromatic N) is 2. The maximum atomic E-state index is 11.3. The first-order chi connectivity index (χ1) is 10.1. The minimum atomic E-state index is -0.125. The van der Waals surface area contributed by atoms with Crippen molar-refractivity contribution in [2.75, 3.05) is 6.61 Å². The summed E-state index contributed by atoms with van der Waals surface area (Å²) in [6.07, 6.45) is 1.30. The van der Waals surface area contributed by atoms with Gasteiger partial charge >= 0.3 is 0 Å². The molecule has 1 atom stereocenters. The summed E-state index contributed by atoms with van der Waals surface area (Å²) in [7, 11) is 0. The fourth-order valence-electron chi connectivity index (χ4n) is 2.35. The fourth-order valence-corrected chi connectivity index (χ4v) is 2.35. The number of rotatable bonds is 7. The van der Waals surface area contributed by atoms with Crippen LogP contribution in [-0.2, 0) is 11.3 Å². The van der Waals surface area contributed by atoms with E-state index in [0.29, 0.717) is 19.6 Å². The summed E-state index contributed by atoms with van der Waals surface area (Å²) < 4.78 is 7.57. The molecule has 5 nitrogen and oxygen atoms in total. The lowest BCUT2D eigenvalue weighted by atomic mass is 10.2. The van der Waals surface area contributed by atoms with Crippen molar-refractivity contribution in [1.82, 2.24) is 9.55 Å². The Kier molecular flexibility index (Phi) is 4.96. The third-order valence-corrected chi connectivity index (χ3v) is 3.52. The normalized spacial score (nSPS) is 12.6. The summed E-state index contributed by atoms with van der Waals surface area (Å²) in [6, 6.07) is 5.72. The maximum absolute atomic E-state index is 11.3. The van der Waals surface area contributed by atoms with Gasteiger partial charge in [-0.25, -0.2) is 4.98 Å². The first kappa shape index (κ1) is 15.5. The van der Waals surface area contributed by atoms with E-state index in [4.69, 9.17) is 10.5 Å². The molecule has 2 aromatic rings. The largest absolute Gasteiger partial charge is 0.494 e. The standard InChI is InChI=1S/C16H23N3O2/c1-4-13(17)16-18-14-10-12(21-5-2)6-7-15(14)19(16)9-8-11(3)20/h6-7,10,13H,4-5,8-9,17H2,1-3H3. The molecule has 1 heterocycles. The molecule has 1 unspecified atom stereocenters. The lowest BCUT2D eigenvalue weighted by Gasteiger charge is -2.12. The fraction of sp³-hybridized carbons (Fsp3) is 0.500. The molecule has 5 heteroatoms. The van der Waals surface area contributed by atoms with Gasteiger partial charge in [0.1, 0.15) is 17.4 Å². The number of fused-ring (bicyclic) bond motifs is 1. The van der Waals surface area contributed by atoms with Crippen LogP contribution in [0.2, 0.25) is 0 Å². The van der Waals surface area contributed by atoms with E-state index in [0.717, 1.165) is 29.0 Å². The Morgan fingerprint density at radius 2 is 2.19 bits per heavy atom. The molecule has 114 valence electrons. The number of aromatic nitrogens is 2. The summed E-state index contributed by atoms with van der Waals surface area (Å²) in [5, 5.41) is 0. The Morgan fingerprint density at radius 1 is 1.43 bits per heavy atom. The zero-order chi connectivity index (χ0) is 15.4. The molecule has 1 aromatic heterocycles. The van der Waals surface area contributed by atoms with Gasteiger partial charge in [0.25, 0.3) is 0 Å². The highest BCUT2D eigenvalue weighted by molar-refractivity contribution is 5.79. The molecular weight excluding hydrogens is 266 g/mol. The van der Waals surface area contributed by atoms with Gasteiger partial charge in [-0.3, -0.25) is 4.79 Å². The summed E-state index contributed by atoms with van der Waals surface area (Å²) in [5.41, 5.74) is 8.03. The molecule has 0 saturated carbocycles. The number of ketones is 1. The van der Waals surface area contributed by atoms with E-state index in [9.17, 15) is 4.79 Å². The molecule has 2 N–H and O–H groups in total. The van der Waals surface area contributed by atoms with Gasteiger partial charge in [-0.05, 0) is 32.4 Å². The van der Waals surface area contributed by atoms with Crippen molar-refractivity contribution in [2.24, 2.45) is 5.73 Å². The van der Waals surface area contributed by atoms with Gasteiger partial charge in [0.05, 0.1) is 23.7 Å². The van der Waals surface area contributed by atoms with Crippen LogP contribution in [0, 0.1) is 0 Å². The number of nitrogens with two attached hydrogens (primary N) is 1. The summed E-state index contributed by atoms with van der Waals surface area (Å²) in [4.78, 5) is 15.9. The number of carbonyl (C=O) groups is 1. The first-order valence-corrected chi connectivity index (χ1v) is 7.44. The third kappa shape index (κ3) is 3.42. The molecule has 0 fully saturated rings. The van der Waals surface area contributed by atoms with Gasteiger partial charge in [0.2, 0.25) is 0 Å². The van der Waals surface area contributed by atoms with E-state index >= 15 is 0 Å². The van der Waals surface area contributed by atoms with E-state index in [1.807, 2.05) is 32.0 Å². The van der Waals surface area contributed by atoms with Crippen molar-refractivity contribution in [2.45, 2.75) is 46.2 Å². The quantitative estimate of drug-likeness (QED) is 0.851. The molecule has 0 amide bonds. The number of hydrogen-bond donors (Lipinski definition) is 1. The van der Waals surface area contributed by atoms with Crippen LogP contribution in [0.4, 0.5) is 0 Å². The number of hydrogen-bond acceptors (Lipinski definition) is 4. The van der Waals surface area contributed by atoms with Gasteiger partial charge in [0, 0.05) is 19.0 Å². The van der Waals surface area contributed by atoms with Gasteiger partial charge in [0.15, 0.2) is 0 Å². The van der Waals surface area contributed by atoms with Crippen LogP contribution in [0.15, 0.2) is 18.2 Å². The van der Waals surface area contributed by atoms with Crippen molar-refractivity contribution in [1.29, 1.82) is 0 Å². The number of aryl methyl sites for hydroxylation is 1. The molecule has 0 spiro atoms. The van der Waals surface area contributed by atoms with Gasteiger partial charge < -0.3 is 15.0 Å². The third-order valence-electron chi connectivity index (χ3n) is 3.52. The van der Waals surface area contributed by atoms with Crippen molar-refractivity contribution in [3.8, 4) is 5.75 Å². The van der Waals surface area contributed by atoms with Crippen molar-refractivity contribution >= 4 is 16.8 Å². The molecule has 0 aliphatic rings. The van der Waals surface area contributed by atoms with Crippen LogP contribution in [0.5, 0.6) is 5.75 Å². The number of carbonyl (C=O) groups excluding carboxylic acids is 1. The summed E-state index contributed by atoms with van der Waals surface area (Å²) >= 11 is 0. The van der Waals surface area contributed by atoms with Crippen LogP contribution >= 0.6 is 0 Å². The number of benzene rings is 1. The molecule has 1 aromatic carbocycles. The average molecular weight is 289 g/mol. The van der Waals surface area contributed by atoms with E-state index in [1.54, 1.807) is 6.92 Å². The molecule has 0 aliphatic carbocycles. The molecule has 2 rings (SSSR count). The Balaban J connectivity index is 2.47. The molecule has 21 heavy (non-hydrogen) atoms. The molecule has 0 bridgehead atoms. The van der Waals surface area contributed by atoms with Crippen molar-refractivity contribution in [3.63, 3.8) is 0 Å². The van der Waals surface area contributed by atoms with Crippen LogP contribution in [0.25, 0.3) is 11.0 Å². The van der Waals surface area contributed by atoms with Crippen LogP contribution in [0.3, 0.4) is 0 Å². The highest BCUT2D eigenvalue weighted by Gasteiger charge is 2.16. The predicted octanol–water partition coefficient (Wildman–Crippen LogP) is 2.82. The monoisotopic (exact) mass is 289 g/mol. The summed E-state index contributed by atoms with van der Waals surface area (Å²) in [5.74, 6) is 1.80. The average Bonchev–Trinajstić information content (AvgIpc) is 2.82. The predicted molar refractivity (Wildman–Crippen MR) is 83.4 cm³/mol. The molecule has 0 saturated heterocycles. The van der Waals surface area contributed by atoms with Crippen LogP contribution < -0.4 is 10.5 Å². The number of imidazole rings is 1. The summed E-state index contributed by atoms with van der Waals surface area (Å²) in [6.45, 7) is 6.82. The van der Waals surface area contributed by atoms with E-state index in [1.165, 1.54) is 0 Å². The highest BCUT2D eigenvalue weighted by Crippen LogP contribution is 2.25. The minimum Gasteiger partial charge on any atom is -0.494 e. The smallest absolute Gasteiger partial charge is 0.131 e. The Bertz CT molecular complexity index is 634. The first-order valence-electron chi connectivity index (χ1n) is 7.44. The number of Topliss-reactive ketones (excluding diaryl/α,β-unsaturated/α-hetero) is 1. The molecule has 0 aliphatic heterocycles. The van der Waals surface area contributed by atoms with E-state index < -0.39 is 0 Å². The van der Waals surface area contributed by atoms with Crippen LogP contribution in [0.1, 0.15) is 45.5 Å². The topological polar surface area (TPSA) is 70.1 Å². The number of ether oxygens (including phenoxy) is 1. The Morgan fingerprint density at radius 3 is 2.81 bits per heavy atom. The van der Waals surface area contributed by atoms with Gasteiger partial charge in [-0.15, -0.1) is 0 Å². The second kappa shape index (κ2) is 6.72. The lowest BCUT2D eigenvalue weighted by molar-refractivity contribution is -0.117. The second-order valence-electron chi connectivity index (χ2n) is 5.17. The van der Waals surface area contributed by atoms with Gasteiger partial charge in [-0.1, -0.05) is 6.92 Å².